The molecule has 220 valence electrons. The Kier molecular flexibility index (Phi) is 12.8. The summed E-state index contributed by atoms with van der Waals surface area (Å²) < 4.78 is 39.3. The van der Waals surface area contributed by atoms with Crippen molar-refractivity contribution in [1.29, 1.82) is 0 Å². The minimum absolute atomic E-state index is 0.0281. The van der Waals surface area contributed by atoms with Crippen molar-refractivity contribution >= 4 is 28.5 Å². The van der Waals surface area contributed by atoms with Crippen molar-refractivity contribution in [2.24, 2.45) is 10.2 Å². The highest BCUT2D eigenvalue weighted by Crippen LogP contribution is 2.22. The minimum Gasteiger partial charge on any atom is -0.378 e. The smallest absolute Gasteiger partial charge is 0.283 e. The lowest BCUT2D eigenvalue weighted by molar-refractivity contribution is -0.173. The van der Waals surface area contributed by atoms with Crippen molar-refractivity contribution < 1.29 is 27.8 Å². The largest absolute Gasteiger partial charge is 0.378 e. The number of rotatable bonds is 15. The molecule has 0 radical (unpaired) electrons. The normalized spacial score (nSPS) is 21.3. The Morgan fingerprint density at radius 2 is 1.90 bits per heavy atom. The molecule has 0 saturated carbocycles. The van der Waals surface area contributed by atoms with E-state index in [-0.39, 0.29) is 23.6 Å². The van der Waals surface area contributed by atoms with Gasteiger partial charge in [0.25, 0.3) is 10.0 Å². The van der Waals surface area contributed by atoms with Gasteiger partial charge in [-0.1, -0.05) is 5.57 Å². The van der Waals surface area contributed by atoms with Crippen LogP contribution in [0.15, 0.2) is 45.3 Å². The molecule has 1 aliphatic rings. The number of benzene rings is 1. The van der Waals surface area contributed by atoms with Gasteiger partial charge in [-0.15, -0.1) is 4.40 Å². The lowest BCUT2D eigenvalue weighted by Gasteiger charge is -2.36. The van der Waals surface area contributed by atoms with E-state index in [1.807, 2.05) is 20.0 Å². The summed E-state index contributed by atoms with van der Waals surface area (Å²) in [6, 6.07) is 6.19. The van der Waals surface area contributed by atoms with E-state index in [1.54, 1.807) is 38.3 Å². The second kappa shape index (κ2) is 15.3. The molecule has 0 spiro atoms. The number of hydrazine groups is 1. The fraction of sp³-hybridized carbons (Fsp3) is 0.615. The van der Waals surface area contributed by atoms with E-state index in [0.717, 1.165) is 25.0 Å². The third-order valence-corrected chi connectivity index (χ3v) is 7.73. The molecule has 2 rings (SSSR count). The van der Waals surface area contributed by atoms with Crippen LogP contribution in [-0.2, 0) is 24.3 Å². The van der Waals surface area contributed by atoms with Gasteiger partial charge in [-0.2, -0.15) is 8.42 Å². The Balaban J connectivity index is 1.93. The van der Waals surface area contributed by atoms with Crippen molar-refractivity contribution in [2.45, 2.75) is 62.5 Å². The average Bonchev–Trinajstić information content (AvgIpc) is 2.88. The number of nitrogens with zero attached hydrogens (tertiary/aromatic N) is 5. The predicted molar refractivity (Wildman–Crippen MR) is 151 cm³/mol. The van der Waals surface area contributed by atoms with Crippen molar-refractivity contribution in [2.75, 3.05) is 52.8 Å². The van der Waals surface area contributed by atoms with Gasteiger partial charge in [-0.25, -0.2) is 5.84 Å². The second-order valence-electron chi connectivity index (χ2n) is 10.2. The highest BCUT2D eigenvalue weighted by atomic mass is 32.2. The highest BCUT2D eigenvalue weighted by Gasteiger charge is 2.28. The molecule has 1 aliphatic heterocycles. The zero-order chi connectivity index (χ0) is 29.2. The number of carbonyl (C=O) groups excluding carboxylic acids is 1. The Bertz CT molecular complexity index is 1060. The first-order valence-electron chi connectivity index (χ1n) is 12.9. The number of aliphatic hydroxyl groups excluding tert-OH is 1. The summed E-state index contributed by atoms with van der Waals surface area (Å²) >= 11 is 0. The number of methoxy groups -OCH3 is 1. The van der Waals surface area contributed by atoms with Gasteiger partial charge in [0.15, 0.2) is 6.29 Å². The number of carbonyl (C=O) groups is 1. The highest BCUT2D eigenvalue weighted by molar-refractivity contribution is 7.90. The Morgan fingerprint density at radius 1 is 1.23 bits per heavy atom. The minimum atomic E-state index is -3.83. The first-order chi connectivity index (χ1) is 18.3. The van der Waals surface area contributed by atoms with Gasteiger partial charge in [0.05, 0.1) is 30.2 Å². The maximum atomic E-state index is 12.3. The number of aliphatic hydroxyl groups is 1. The van der Waals surface area contributed by atoms with Gasteiger partial charge >= 0.3 is 0 Å². The lowest BCUT2D eigenvalue weighted by Crippen LogP contribution is -2.43. The quantitative estimate of drug-likeness (QED) is 0.104. The molecule has 0 bridgehead atoms. The van der Waals surface area contributed by atoms with Crippen LogP contribution in [0.2, 0.25) is 0 Å². The average molecular weight is 569 g/mol. The lowest BCUT2D eigenvalue weighted by atomic mass is 10.0. The third kappa shape index (κ3) is 10.9. The van der Waals surface area contributed by atoms with Crippen LogP contribution in [0.1, 0.15) is 33.1 Å². The number of anilines is 1. The second-order valence-corrected chi connectivity index (χ2v) is 11.8. The topological polar surface area (TPSA) is 141 Å². The zero-order valence-corrected chi connectivity index (χ0v) is 24.6. The van der Waals surface area contributed by atoms with E-state index in [2.05, 4.69) is 16.3 Å². The Morgan fingerprint density at radius 3 is 2.46 bits per heavy atom. The molecule has 4 atom stereocenters. The standard InChI is InChI=1S/C26H44N6O6S/c1-20(11-12-30(5)23-13-21(2)38-26(34)14-23)15-32(27)17-24(37-6)16-31(19-33)22-7-9-25(10-8-22)39(35,36)28-18-29(3)4/h7-10,15,18-19,21,23-24,26,34H,11-14,16-17,27H2,1-6H3/b20-15+,28-18?. The van der Waals surface area contributed by atoms with Crippen LogP contribution in [0.25, 0.3) is 0 Å². The van der Waals surface area contributed by atoms with E-state index in [1.165, 1.54) is 28.3 Å². The molecule has 39 heavy (non-hydrogen) atoms. The molecule has 1 aromatic carbocycles. The van der Waals surface area contributed by atoms with Crippen LogP contribution in [0, 0.1) is 0 Å². The molecule has 0 aliphatic carbocycles. The molecule has 0 aromatic heterocycles. The van der Waals surface area contributed by atoms with E-state index < -0.39 is 22.4 Å². The molecule has 3 N–H and O–H groups in total. The summed E-state index contributed by atoms with van der Waals surface area (Å²) in [4.78, 5) is 17.1. The Hall–Kier alpha value is -2.55. The van der Waals surface area contributed by atoms with Gasteiger partial charge in [-0.05, 0) is 58.0 Å². The summed E-state index contributed by atoms with van der Waals surface area (Å²) in [5.41, 5.74) is 1.61. The van der Waals surface area contributed by atoms with Crippen LogP contribution in [0.3, 0.4) is 0 Å². The molecular weight excluding hydrogens is 524 g/mol. The number of amides is 1. The van der Waals surface area contributed by atoms with Gasteiger partial charge in [0.1, 0.15) is 6.34 Å². The summed E-state index contributed by atoms with van der Waals surface area (Å²) in [6.07, 6.45) is 4.94. The fourth-order valence-electron chi connectivity index (χ4n) is 4.28. The van der Waals surface area contributed by atoms with Crippen LogP contribution >= 0.6 is 0 Å². The molecule has 1 heterocycles. The SMILES string of the molecule is COC(CN(N)/C=C(\C)CCN(C)C1CC(C)OC(O)C1)CN(C=O)c1ccc(S(=O)(=O)N=CN(C)C)cc1. The molecule has 4 unspecified atom stereocenters. The van der Waals surface area contributed by atoms with Crippen molar-refractivity contribution in [3.63, 3.8) is 0 Å². The first kappa shape index (κ1) is 32.7. The third-order valence-electron chi connectivity index (χ3n) is 6.49. The monoisotopic (exact) mass is 568 g/mol. The maximum absolute atomic E-state index is 12.3. The van der Waals surface area contributed by atoms with Crippen LogP contribution in [0.4, 0.5) is 5.69 Å². The number of sulfonamides is 1. The van der Waals surface area contributed by atoms with Gasteiger partial charge in [0.2, 0.25) is 6.41 Å². The van der Waals surface area contributed by atoms with E-state index >= 15 is 0 Å². The van der Waals surface area contributed by atoms with E-state index in [0.29, 0.717) is 25.1 Å². The number of hydrogen-bond acceptors (Lipinski definition) is 9. The molecule has 1 saturated heterocycles. The summed E-state index contributed by atoms with van der Waals surface area (Å²) in [6.45, 7) is 5.36. The van der Waals surface area contributed by atoms with Crippen LogP contribution in [-0.4, -0.2) is 114 Å². The molecule has 1 amide bonds. The summed E-state index contributed by atoms with van der Waals surface area (Å²) in [5, 5.41) is 11.4. The van der Waals surface area contributed by atoms with Crippen molar-refractivity contribution in [3.8, 4) is 0 Å². The van der Waals surface area contributed by atoms with E-state index in [9.17, 15) is 18.3 Å². The van der Waals surface area contributed by atoms with Crippen LogP contribution in [0.5, 0.6) is 0 Å². The predicted octanol–water partition coefficient (Wildman–Crippen LogP) is 1.23. The molecule has 1 fully saturated rings. The molecule has 13 heteroatoms. The van der Waals surface area contributed by atoms with Crippen molar-refractivity contribution in [1.82, 2.24) is 14.8 Å². The van der Waals surface area contributed by atoms with Gasteiger partial charge in [-0.3, -0.25) is 4.79 Å². The number of nitrogens with two attached hydrogens (primary N) is 1. The summed E-state index contributed by atoms with van der Waals surface area (Å²) in [7, 11) is 3.12. The fourth-order valence-corrected chi connectivity index (χ4v) is 5.20. The number of hydrogen-bond donors (Lipinski definition) is 2. The first-order valence-corrected chi connectivity index (χ1v) is 14.3. The van der Waals surface area contributed by atoms with Crippen molar-refractivity contribution in [3.05, 3.63) is 36.0 Å². The van der Waals surface area contributed by atoms with Crippen LogP contribution < -0.4 is 10.7 Å². The number of ether oxygens (including phenoxy) is 2. The van der Waals surface area contributed by atoms with E-state index in [4.69, 9.17) is 15.3 Å². The zero-order valence-electron chi connectivity index (χ0n) is 23.8. The maximum Gasteiger partial charge on any atom is 0.283 e. The van der Waals surface area contributed by atoms with Gasteiger partial charge < -0.3 is 34.3 Å². The van der Waals surface area contributed by atoms with Gasteiger partial charge in [0, 0.05) is 52.1 Å². The summed E-state index contributed by atoms with van der Waals surface area (Å²) in [5.74, 6) is 6.23. The molecule has 12 nitrogen and oxygen atoms in total. The Labute approximate surface area is 232 Å². The molecular formula is C26H44N6O6S. The molecule has 1 aromatic rings.